The molecule has 6 rings (SSSR count). The Balaban J connectivity index is 1.82. The maximum Gasteiger partial charge on any atom is 0.0621 e. The van der Waals surface area contributed by atoms with E-state index >= 15 is 0 Å². The number of benzene rings is 6. The van der Waals surface area contributed by atoms with Gasteiger partial charge in [0.2, 0.25) is 0 Å². The van der Waals surface area contributed by atoms with Crippen LogP contribution < -0.4 is 21.2 Å². The van der Waals surface area contributed by atoms with Crippen LogP contribution in [0.1, 0.15) is 18.1 Å². The lowest BCUT2D eigenvalue weighted by Crippen LogP contribution is -2.31. The van der Waals surface area contributed by atoms with Crippen LogP contribution in [0, 0.1) is 13.8 Å². The van der Waals surface area contributed by atoms with Gasteiger partial charge in [-0.05, 0) is 59.3 Å². The minimum Gasteiger partial charge on any atom is -0.258 e. The Kier molecular flexibility index (Phi) is 8.94. The predicted octanol–water partition coefficient (Wildman–Crippen LogP) is 10.3. The summed E-state index contributed by atoms with van der Waals surface area (Å²) < 4.78 is 11.8. The van der Waals surface area contributed by atoms with Crippen LogP contribution in [0.4, 0.5) is 11.4 Å². The second-order valence-electron chi connectivity index (χ2n) is 11.2. The van der Waals surface area contributed by atoms with Gasteiger partial charge in [0, 0.05) is 19.5 Å². The number of hydrogen-bond acceptors (Lipinski definition) is 2. The lowest BCUT2D eigenvalue weighted by Gasteiger charge is -2.41. The fourth-order valence-electron chi connectivity index (χ4n) is 6.01. The van der Waals surface area contributed by atoms with E-state index in [9.17, 15) is 0 Å². The molecule has 0 N–H and O–H groups in total. The third-order valence-corrected chi connectivity index (χ3v) is 17.9. The number of rotatable bonds is 8. The van der Waals surface area contributed by atoms with Crippen LogP contribution in [-0.2, 0) is 0 Å². The molecule has 0 radical (unpaired) electrons. The van der Waals surface area contributed by atoms with Gasteiger partial charge in [-0.25, -0.2) is 0 Å². The average molecular weight is 609 g/mol. The van der Waals surface area contributed by atoms with Gasteiger partial charge in [-0.15, -0.1) is 0 Å². The Morgan fingerprint density at radius 2 is 0.614 bits per heavy atom. The van der Waals surface area contributed by atoms with E-state index < -0.39 is 14.1 Å². The van der Waals surface area contributed by atoms with Crippen LogP contribution in [0.15, 0.2) is 179 Å². The third-order valence-electron chi connectivity index (χ3n) is 8.30. The van der Waals surface area contributed by atoms with Crippen molar-refractivity contribution < 1.29 is 0 Å². The number of aryl methyl sites for hydroxylation is 2. The zero-order valence-corrected chi connectivity index (χ0v) is 27.3. The molecule has 0 aromatic heterocycles. The van der Waals surface area contributed by atoms with Crippen LogP contribution in [0.3, 0.4) is 0 Å². The Hall–Kier alpha value is -4.22. The van der Waals surface area contributed by atoms with Crippen molar-refractivity contribution in [3.8, 4) is 0 Å². The standard InChI is InChI=1S/C40H38N2P2/c1-32-24-28-35(29-25-32)41-43(37-16-8-4-9-17-37,38-18-10-5-11-19-38)34(3)44(39-20-12-6-13-21-39,40-22-14-7-15-23-40)42-36-30-26-33(2)27-31-36/h4-31,34H,1-3H3. The van der Waals surface area contributed by atoms with Crippen LogP contribution in [0.2, 0.25) is 0 Å². The Labute approximate surface area is 262 Å². The third kappa shape index (κ3) is 5.81. The zero-order valence-electron chi connectivity index (χ0n) is 25.5. The van der Waals surface area contributed by atoms with Crippen molar-refractivity contribution in [3.05, 3.63) is 181 Å². The molecule has 0 bridgehead atoms. The highest BCUT2D eigenvalue weighted by molar-refractivity contribution is 7.97. The summed E-state index contributed by atoms with van der Waals surface area (Å²) in [6.45, 7) is 6.69. The van der Waals surface area contributed by atoms with Gasteiger partial charge in [0.1, 0.15) is 0 Å². The summed E-state index contributed by atoms with van der Waals surface area (Å²) in [6.07, 6.45) is 0. The second-order valence-corrected chi connectivity index (χ2v) is 18.4. The topological polar surface area (TPSA) is 24.7 Å². The molecule has 0 spiro atoms. The molecule has 6 aromatic rings. The zero-order chi connectivity index (χ0) is 30.4. The SMILES string of the molecule is Cc1ccc(N=P(c2ccccc2)(c2ccccc2)C(C)P(=Nc2ccc(C)cc2)(c2ccccc2)c2ccccc2)cc1. The highest BCUT2D eigenvalue weighted by Gasteiger charge is 2.43. The number of hydrogen-bond donors (Lipinski definition) is 0. The van der Waals surface area contributed by atoms with E-state index in [0.717, 1.165) is 11.4 Å². The number of nitrogens with zero attached hydrogens (tertiary/aromatic N) is 2. The Bertz CT molecular complexity index is 1690. The molecule has 44 heavy (non-hydrogen) atoms. The summed E-state index contributed by atoms with van der Waals surface area (Å²) in [7, 11) is -5.09. The van der Waals surface area contributed by atoms with Gasteiger partial charge < -0.3 is 0 Å². The van der Waals surface area contributed by atoms with Gasteiger partial charge in [0.25, 0.3) is 0 Å². The molecule has 0 aliphatic rings. The van der Waals surface area contributed by atoms with Gasteiger partial charge in [0.05, 0.1) is 11.4 Å². The fourth-order valence-corrected chi connectivity index (χ4v) is 16.5. The van der Waals surface area contributed by atoms with Gasteiger partial charge in [0.15, 0.2) is 0 Å². The summed E-state index contributed by atoms with van der Waals surface area (Å²) in [5, 5.41) is 5.07. The highest BCUT2D eigenvalue weighted by Crippen LogP contribution is 2.70. The van der Waals surface area contributed by atoms with Crippen molar-refractivity contribution in [2.24, 2.45) is 9.49 Å². The van der Waals surface area contributed by atoms with E-state index in [1.165, 1.54) is 32.3 Å². The molecule has 4 heteroatoms. The van der Waals surface area contributed by atoms with E-state index in [1.54, 1.807) is 0 Å². The summed E-state index contributed by atoms with van der Waals surface area (Å²) in [5.74, 6) is 0. The first-order chi connectivity index (χ1) is 21.5. The molecule has 0 saturated carbocycles. The predicted molar refractivity (Wildman–Crippen MR) is 194 cm³/mol. The largest absolute Gasteiger partial charge is 0.258 e. The highest BCUT2D eigenvalue weighted by atomic mass is 31.2. The van der Waals surface area contributed by atoms with Crippen LogP contribution in [0.5, 0.6) is 0 Å². The molecule has 0 atom stereocenters. The molecule has 0 aliphatic heterocycles. The first-order valence-electron chi connectivity index (χ1n) is 15.1. The van der Waals surface area contributed by atoms with Crippen molar-refractivity contribution >= 4 is 46.7 Å². The minimum absolute atomic E-state index is 0.0345. The van der Waals surface area contributed by atoms with Crippen LogP contribution >= 0.6 is 14.1 Å². The van der Waals surface area contributed by atoms with E-state index in [-0.39, 0.29) is 5.40 Å². The normalized spacial score (nSPS) is 11.7. The van der Waals surface area contributed by atoms with Gasteiger partial charge in [-0.1, -0.05) is 164 Å². The van der Waals surface area contributed by atoms with Crippen molar-refractivity contribution in [1.82, 2.24) is 0 Å². The van der Waals surface area contributed by atoms with Gasteiger partial charge >= 0.3 is 0 Å². The van der Waals surface area contributed by atoms with E-state index in [4.69, 9.17) is 9.49 Å². The maximum atomic E-state index is 5.92. The van der Waals surface area contributed by atoms with Crippen molar-refractivity contribution in [2.75, 3.05) is 0 Å². The molecule has 0 aliphatic carbocycles. The summed E-state index contributed by atoms with van der Waals surface area (Å²) in [4.78, 5) is 0. The molecule has 6 aromatic carbocycles. The second kappa shape index (κ2) is 13.2. The first-order valence-corrected chi connectivity index (χ1v) is 18.7. The molecule has 0 heterocycles. The van der Waals surface area contributed by atoms with E-state index in [0.29, 0.717) is 0 Å². The molecular weight excluding hydrogens is 570 g/mol. The van der Waals surface area contributed by atoms with E-state index in [2.05, 4.69) is 191 Å². The van der Waals surface area contributed by atoms with Crippen molar-refractivity contribution in [3.63, 3.8) is 0 Å². The molecule has 0 amide bonds. The lowest BCUT2D eigenvalue weighted by molar-refractivity contribution is 1.33. The minimum atomic E-state index is -2.55. The monoisotopic (exact) mass is 608 g/mol. The Morgan fingerprint density at radius 1 is 0.364 bits per heavy atom. The average Bonchev–Trinajstić information content (AvgIpc) is 3.09. The maximum absolute atomic E-state index is 5.92. The molecule has 218 valence electrons. The molecular formula is C40H38N2P2. The molecule has 0 saturated heterocycles. The summed E-state index contributed by atoms with van der Waals surface area (Å²) in [6, 6.07) is 61.3. The molecule has 0 fully saturated rings. The molecule has 0 unspecified atom stereocenters. The van der Waals surface area contributed by atoms with E-state index in [1.807, 2.05) is 0 Å². The van der Waals surface area contributed by atoms with Crippen molar-refractivity contribution in [2.45, 2.75) is 26.2 Å². The molecule has 2 nitrogen and oxygen atoms in total. The quantitative estimate of drug-likeness (QED) is 0.154. The first kappa shape index (κ1) is 29.8. The van der Waals surface area contributed by atoms with Crippen LogP contribution in [0.25, 0.3) is 0 Å². The van der Waals surface area contributed by atoms with Gasteiger partial charge in [-0.2, -0.15) is 0 Å². The Morgan fingerprint density at radius 3 is 0.864 bits per heavy atom. The smallest absolute Gasteiger partial charge is 0.0621 e. The van der Waals surface area contributed by atoms with Crippen molar-refractivity contribution in [1.29, 1.82) is 0 Å². The lowest BCUT2D eigenvalue weighted by atomic mass is 10.2. The summed E-state index contributed by atoms with van der Waals surface area (Å²) >= 11 is 0. The van der Waals surface area contributed by atoms with Gasteiger partial charge in [-0.3, -0.25) is 9.49 Å². The summed E-state index contributed by atoms with van der Waals surface area (Å²) in [5.41, 5.74) is 4.45. The fraction of sp³-hybridized carbons (Fsp3) is 0.100. The van der Waals surface area contributed by atoms with Crippen LogP contribution in [-0.4, -0.2) is 5.40 Å².